The summed E-state index contributed by atoms with van der Waals surface area (Å²) in [6, 6.07) is -0.135. The van der Waals surface area contributed by atoms with E-state index in [4.69, 9.17) is 5.84 Å². The van der Waals surface area contributed by atoms with E-state index in [1.165, 1.54) is 0 Å². The van der Waals surface area contributed by atoms with E-state index in [1.807, 2.05) is 43.4 Å². The van der Waals surface area contributed by atoms with Gasteiger partial charge in [0, 0.05) is 37.7 Å². The normalized spacial score (nSPS) is 13.0. The molecule has 2 aromatic rings. The molecule has 2 aromatic heterocycles. The second-order valence-corrected chi connectivity index (χ2v) is 4.20. The summed E-state index contributed by atoms with van der Waals surface area (Å²) < 4.78 is 3.81. The van der Waals surface area contributed by atoms with Crippen LogP contribution in [-0.4, -0.2) is 19.3 Å². The highest BCUT2D eigenvalue weighted by Crippen LogP contribution is 2.25. The maximum absolute atomic E-state index is 5.67. The fraction of sp³-hybridized carbons (Fsp3) is 0.455. The quantitative estimate of drug-likeness (QED) is 0.592. The van der Waals surface area contributed by atoms with Crippen LogP contribution in [0.2, 0.25) is 0 Å². The molecule has 1 unspecified atom stereocenters. The molecule has 2 rings (SSSR count). The molecule has 0 aliphatic rings. The Bertz CT molecular complexity index is 524. The van der Waals surface area contributed by atoms with E-state index in [2.05, 4.69) is 15.5 Å². The Morgan fingerprint density at radius 3 is 2.47 bits per heavy atom. The van der Waals surface area contributed by atoms with E-state index in [0.717, 1.165) is 22.8 Å². The number of hydrogen-bond acceptors (Lipinski definition) is 4. The summed E-state index contributed by atoms with van der Waals surface area (Å²) in [5.74, 6) is 6.55. The summed E-state index contributed by atoms with van der Waals surface area (Å²) in [7, 11) is 3.88. The first-order valence-electron chi connectivity index (χ1n) is 5.49. The van der Waals surface area contributed by atoms with Crippen LogP contribution >= 0.6 is 0 Å². The van der Waals surface area contributed by atoms with Crippen LogP contribution in [0.1, 0.15) is 28.8 Å². The van der Waals surface area contributed by atoms with Gasteiger partial charge >= 0.3 is 0 Å². The van der Waals surface area contributed by atoms with Crippen LogP contribution in [0.25, 0.3) is 0 Å². The third-order valence-electron chi connectivity index (χ3n) is 3.14. The fourth-order valence-electron chi connectivity index (χ4n) is 2.15. The third kappa shape index (κ3) is 1.85. The molecule has 0 saturated heterocycles. The summed E-state index contributed by atoms with van der Waals surface area (Å²) in [6.45, 7) is 4.01. The molecule has 17 heavy (non-hydrogen) atoms. The number of nitrogens with one attached hydrogen (secondary N) is 1. The molecule has 0 aromatic carbocycles. The highest BCUT2D eigenvalue weighted by Gasteiger charge is 2.23. The number of hydrogen-bond donors (Lipinski definition) is 2. The van der Waals surface area contributed by atoms with Crippen LogP contribution in [0.15, 0.2) is 12.4 Å². The second kappa shape index (κ2) is 4.31. The average Bonchev–Trinajstić information content (AvgIpc) is 2.79. The van der Waals surface area contributed by atoms with Gasteiger partial charge in [0.1, 0.15) is 11.9 Å². The minimum atomic E-state index is -0.135. The second-order valence-electron chi connectivity index (χ2n) is 4.20. The van der Waals surface area contributed by atoms with Gasteiger partial charge in [-0.1, -0.05) is 0 Å². The first-order chi connectivity index (χ1) is 8.06. The molecule has 2 heterocycles. The molecule has 92 valence electrons. The van der Waals surface area contributed by atoms with Crippen molar-refractivity contribution in [2.75, 3.05) is 0 Å². The first kappa shape index (κ1) is 11.8. The predicted molar refractivity (Wildman–Crippen MR) is 65.1 cm³/mol. The summed E-state index contributed by atoms with van der Waals surface area (Å²) in [5.41, 5.74) is 5.97. The SMILES string of the molecule is Cc1nn(C)c(C)c1C(NN)c1nccn1C. The van der Waals surface area contributed by atoms with E-state index in [-0.39, 0.29) is 6.04 Å². The van der Waals surface area contributed by atoms with E-state index in [9.17, 15) is 0 Å². The number of imidazole rings is 1. The Kier molecular flexibility index (Phi) is 2.99. The Balaban J connectivity index is 2.53. The lowest BCUT2D eigenvalue weighted by Gasteiger charge is -2.16. The van der Waals surface area contributed by atoms with Crippen molar-refractivity contribution in [1.29, 1.82) is 0 Å². The van der Waals surface area contributed by atoms with Gasteiger partial charge in [-0.15, -0.1) is 0 Å². The minimum absolute atomic E-state index is 0.135. The number of aryl methyl sites for hydroxylation is 3. The van der Waals surface area contributed by atoms with Gasteiger partial charge in [0.05, 0.1) is 5.69 Å². The van der Waals surface area contributed by atoms with Crippen molar-refractivity contribution < 1.29 is 0 Å². The Labute approximate surface area is 100 Å². The molecule has 0 saturated carbocycles. The average molecular weight is 234 g/mol. The van der Waals surface area contributed by atoms with Crippen molar-refractivity contribution in [3.8, 4) is 0 Å². The molecule has 0 spiro atoms. The highest BCUT2D eigenvalue weighted by molar-refractivity contribution is 5.32. The topological polar surface area (TPSA) is 73.7 Å². The molecule has 0 bridgehead atoms. The molecule has 0 amide bonds. The third-order valence-corrected chi connectivity index (χ3v) is 3.14. The lowest BCUT2D eigenvalue weighted by atomic mass is 10.0. The van der Waals surface area contributed by atoms with Gasteiger partial charge in [-0.3, -0.25) is 10.5 Å². The van der Waals surface area contributed by atoms with Gasteiger partial charge < -0.3 is 4.57 Å². The van der Waals surface area contributed by atoms with E-state index in [1.54, 1.807) is 6.20 Å². The van der Waals surface area contributed by atoms with Gasteiger partial charge in [-0.25, -0.2) is 10.4 Å². The van der Waals surface area contributed by atoms with Crippen molar-refractivity contribution in [3.63, 3.8) is 0 Å². The van der Waals surface area contributed by atoms with Gasteiger partial charge in [-0.2, -0.15) is 5.10 Å². The largest absolute Gasteiger partial charge is 0.336 e. The van der Waals surface area contributed by atoms with Gasteiger partial charge in [0.2, 0.25) is 0 Å². The number of rotatable bonds is 3. The lowest BCUT2D eigenvalue weighted by molar-refractivity contribution is 0.574. The molecule has 1 atom stereocenters. The van der Waals surface area contributed by atoms with Crippen molar-refractivity contribution >= 4 is 0 Å². The fourth-order valence-corrected chi connectivity index (χ4v) is 2.15. The Hall–Kier alpha value is -1.66. The van der Waals surface area contributed by atoms with Crippen molar-refractivity contribution in [2.24, 2.45) is 19.9 Å². The molecule has 3 N–H and O–H groups in total. The molecule has 0 radical (unpaired) electrons. The molecule has 6 heteroatoms. The summed E-state index contributed by atoms with van der Waals surface area (Å²) in [4.78, 5) is 4.34. The summed E-state index contributed by atoms with van der Waals surface area (Å²) >= 11 is 0. The predicted octanol–water partition coefficient (Wildman–Crippen LogP) is 0.323. The highest BCUT2D eigenvalue weighted by atomic mass is 15.3. The standard InChI is InChI=1S/C11H18N6/c1-7-9(8(2)17(4)15-7)10(14-12)11-13-5-6-16(11)3/h5-6,10,14H,12H2,1-4H3. The first-order valence-corrected chi connectivity index (χ1v) is 5.49. The number of hydrazine groups is 1. The molecule has 6 nitrogen and oxygen atoms in total. The molecule has 0 fully saturated rings. The van der Waals surface area contributed by atoms with E-state index in [0.29, 0.717) is 0 Å². The Morgan fingerprint density at radius 1 is 1.35 bits per heavy atom. The van der Waals surface area contributed by atoms with Crippen molar-refractivity contribution in [1.82, 2.24) is 24.8 Å². The van der Waals surface area contributed by atoms with Crippen molar-refractivity contribution in [3.05, 3.63) is 35.2 Å². The Morgan fingerprint density at radius 2 is 2.06 bits per heavy atom. The van der Waals surface area contributed by atoms with Crippen LogP contribution in [0, 0.1) is 13.8 Å². The van der Waals surface area contributed by atoms with E-state index < -0.39 is 0 Å². The van der Waals surface area contributed by atoms with Crippen LogP contribution in [0.4, 0.5) is 0 Å². The molecular formula is C11H18N6. The molecule has 0 aliphatic heterocycles. The smallest absolute Gasteiger partial charge is 0.131 e. The zero-order chi connectivity index (χ0) is 12.6. The zero-order valence-corrected chi connectivity index (χ0v) is 10.6. The van der Waals surface area contributed by atoms with Gasteiger partial charge in [-0.05, 0) is 13.8 Å². The zero-order valence-electron chi connectivity index (χ0n) is 10.6. The summed E-state index contributed by atoms with van der Waals surface area (Å²) in [6.07, 6.45) is 3.67. The number of aromatic nitrogens is 4. The summed E-state index contributed by atoms with van der Waals surface area (Å²) in [5, 5.41) is 4.40. The monoisotopic (exact) mass is 234 g/mol. The maximum atomic E-state index is 5.67. The minimum Gasteiger partial charge on any atom is -0.336 e. The van der Waals surface area contributed by atoms with Crippen LogP contribution in [0.3, 0.4) is 0 Å². The van der Waals surface area contributed by atoms with E-state index >= 15 is 0 Å². The molecule has 0 aliphatic carbocycles. The van der Waals surface area contributed by atoms with Crippen LogP contribution in [0.5, 0.6) is 0 Å². The van der Waals surface area contributed by atoms with Gasteiger partial charge in [0.25, 0.3) is 0 Å². The van der Waals surface area contributed by atoms with Crippen LogP contribution < -0.4 is 11.3 Å². The van der Waals surface area contributed by atoms with Gasteiger partial charge in [0.15, 0.2) is 0 Å². The number of nitrogens with zero attached hydrogens (tertiary/aromatic N) is 4. The maximum Gasteiger partial charge on any atom is 0.131 e. The molecular weight excluding hydrogens is 216 g/mol. The van der Waals surface area contributed by atoms with Crippen molar-refractivity contribution in [2.45, 2.75) is 19.9 Å². The lowest BCUT2D eigenvalue weighted by Crippen LogP contribution is -2.31. The van der Waals surface area contributed by atoms with Crippen LogP contribution in [-0.2, 0) is 14.1 Å². The number of nitrogens with two attached hydrogens (primary N) is 1.